The van der Waals surface area contributed by atoms with Crippen LogP contribution in [0.3, 0.4) is 0 Å². The Balaban J connectivity index is 1.72. The van der Waals surface area contributed by atoms with Crippen LogP contribution in [0.25, 0.3) is 11.1 Å². The first kappa shape index (κ1) is 16.9. The molecule has 0 unspecified atom stereocenters. The Morgan fingerprint density at radius 2 is 1.71 bits per heavy atom. The van der Waals surface area contributed by atoms with E-state index in [1.165, 1.54) is 6.07 Å². The molecule has 0 amide bonds. The first-order chi connectivity index (χ1) is 11.7. The molecule has 1 aliphatic heterocycles. The highest BCUT2D eigenvalue weighted by Crippen LogP contribution is 2.30. The third kappa shape index (κ3) is 3.74. The fraction of sp³-hybridized carbons (Fsp3) is 0.368. The Labute approximate surface area is 140 Å². The fourth-order valence-electron chi connectivity index (χ4n) is 2.73. The number of benzene rings is 2. The van der Waals surface area contributed by atoms with Crippen molar-refractivity contribution >= 4 is 0 Å². The average Bonchev–Trinajstić information content (AvgIpc) is 3.12. The third-order valence-corrected chi connectivity index (χ3v) is 3.97. The summed E-state index contributed by atoms with van der Waals surface area (Å²) in [6, 6.07) is 10.4. The molecular weight excluding hydrogens is 314 g/mol. The number of ether oxygens (including phenoxy) is 3. The van der Waals surface area contributed by atoms with Crippen molar-refractivity contribution in [2.45, 2.75) is 26.1 Å². The monoisotopic (exact) mass is 334 g/mol. The van der Waals surface area contributed by atoms with Crippen LogP contribution in [0.4, 0.5) is 8.78 Å². The summed E-state index contributed by atoms with van der Waals surface area (Å²) in [5.74, 6) is -1.90. The van der Waals surface area contributed by atoms with Crippen LogP contribution in [-0.2, 0) is 15.9 Å². The smallest absolute Gasteiger partial charge is 0.201 e. The lowest BCUT2D eigenvalue weighted by atomic mass is 10.0. The molecule has 2 aromatic carbocycles. The Morgan fingerprint density at radius 1 is 1.00 bits per heavy atom. The zero-order chi connectivity index (χ0) is 16.9. The number of hydrogen-bond donors (Lipinski definition) is 0. The highest BCUT2D eigenvalue weighted by atomic mass is 19.2. The molecule has 3 rings (SSSR count). The number of hydrogen-bond acceptors (Lipinski definition) is 3. The molecule has 0 aromatic heterocycles. The topological polar surface area (TPSA) is 27.7 Å². The first-order valence-corrected chi connectivity index (χ1v) is 8.12. The summed E-state index contributed by atoms with van der Waals surface area (Å²) in [6.45, 7) is 3.31. The Morgan fingerprint density at radius 3 is 2.38 bits per heavy atom. The van der Waals surface area contributed by atoms with Crippen molar-refractivity contribution in [1.29, 1.82) is 0 Å². The summed E-state index contributed by atoms with van der Waals surface area (Å²) in [7, 11) is 0. The molecule has 1 heterocycles. The van der Waals surface area contributed by atoms with E-state index in [0.717, 1.165) is 18.4 Å². The molecule has 0 N–H and O–H groups in total. The van der Waals surface area contributed by atoms with Crippen molar-refractivity contribution in [3.63, 3.8) is 0 Å². The minimum atomic E-state index is -0.950. The quantitative estimate of drug-likeness (QED) is 0.787. The minimum absolute atomic E-state index is 0.0630. The molecule has 2 aromatic rings. The third-order valence-electron chi connectivity index (χ3n) is 3.97. The second-order valence-corrected chi connectivity index (χ2v) is 5.58. The van der Waals surface area contributed by atoms with Crippen LogP contribution < -0.4 is 4.74 Å². The summed E-state index contributed by atoms with van der Waals surface area (Å²) in [5, 5.41) is 0. The largest absolute Gasteiger partial charge is 0.491 e. The summed E-state index contributed by atoms with van der Waals surface area (Å²) in [4.78, 5) is 0. The Hall–Kier alpha value is -1.98. The van der Waals surface area contributed by atoms with Gasteiger partial charge in [0.15, 0.2) is 17.9 Å². The van der Waals surface area contributed by atoms with E-state index < -0.39 is 11.6 Å². The molecule has 0 saturated carbocycles. The summed E-state index contributed by atoms with van der Waals surface area (Å²) >= 11 is 0. The molecule has 3 nitrogen and oxygen atoms in total. The van der Waals surface area contributed by atoms with Gasteiger partial charge in [0.25, 0.3) is 0 Å². The molecule has 0 atom stereocenters. The van der Waals surface area contributed by atoms with E-state index >= 15 is 0 Å². The molecule has 5 heteroatoms. The summed E-state index contributed by atoms with van der Waals surface area (Å²) in [6.07, 6.45) is 1.46. The van der Waals surface area contributed by atoms with E-state index in [0.29, 0.717) is 25.4 Å². The molecule has 24 heavy (non-hydrogen) atoms. The lowest BCUT2D eigenvalue weighted by Gasteiger charge is -2.11. The van der Waals surface area contributed by atoms with Crippen LogP contribution in [0.15, 0.2) is 36.4 Å². The van der Waals surface area contributed by atoms with Gasteiger partial charge in [0.1, 0.15) is 0 Å². The summed E-state index contributed by atoms with van der Waals surface area (Å²) < 4.78 is 44.1. The molecular formula is C19H20F2O3. The lowest BCUT2D eigenvalue weighted by Crippen LogP contribution is -2.08. The summed E-state index contributed by atoms with van der Waals surface area (Å²) in [5.41, 5.74) is 1.96. The average molecular weight is 334 g/mol. The van der Waals surface area contributed by atoms with Crippen molar-refractivity contribution in [3.05, 3.63) is 53.6 Å². The zero-order valence-corrected chi connectivity index (χ0v) is 13.6. The molecule has 1 saturated heterocycles. The van der Waals surface area contributed by atoms with Gasteiger partial charge in [-0.1, -0.05) is 24.3 Å². The van der Waals surface area contributed by atoms with Gasteiger partial charge in [-0.25, -0.2) is 4.39 Å². The van der Waals surface area contributed by atoms with Gasteiger partial charge in [-0.2, -0.15) is 4.39 Å². The van der Waals surface area contributed by atoms with E-state index in [9.17, 15) is 8.78 Å². The number of rotatable bonds is 6. The SMILES string of the molecule is CCOc1ccc(-c2ccc(CCC3OCCO3)cc2)c(F)c1F. The number of halogens is 2. The molecule has 0 radical (unpaired) electrons. The first-order valence-electron chi connectivity index (χ1n) is 8.12. The van der Waals surface area contributed by atoms with E-state index in [2.05, 4.69) is 0 Å². The van der Waals surface area contributed by atoms with Crippen LogP contribution in [0.1, 0.15) is 18.9 Å². The van der Waals surface area contributed by atoms with Crippen LogP contribution in [0.5, 0.6) is 5.75 Å². The van der Waals surface area contributed by atoms with Gasteiger partial charge in [0.2, 0.25) is 5.82 Å². The van der Waals surface area contributed by atoms with Gasteiger partial charge in [-0.15, -0.1) is 0 Å². The van der Waals surface area contributed by atoms with Crippen molar-refractivity contribution in [3.8, 4) is 16.9 Å². The van der Waals surface area contributed by atoms with Crippen LogP contribution >= 0.6 is 0 Å². The zero-order valence-electron chi connectivity index (χ0n) is 13.6. The normalized spacial score (nSPS) is 15.0. The molecule has 128 valence electrons. The van der Waals surface area contributed by atoms with Gasteiger partial charge in [-0.3, -0.25) is 0 Å². The maximum atomic E-state index is 14.2. The fourth-order valence-corrected chi connectivity index (χ4v) is 2.73. The van der Waals surface area contributed by atoms with Gasteiger partial charge in [0, 0.05) is 12.0 Å². The van der Waals surface area contributed by atoms with Crippen molar-refractivity contribution in [1.82, 2.24) is 0 Å². The van der Waals surface area contributed by atoms with Gasteiger partial charge >= 0.3 is 0 Å². The van der Waals surface area contributed by atoms with Crippen molar-refractivity contribution in [2.75, 3.05) is 19.8 Å². The number of aryl methyl sites for hydroxylation is 1. The van der Waals surface area contributed by atoms with E-state index in [-0.39, 0.29) is 17.6 Å². The van der Waals surface area contributed by atoms with Crippen LogP contribution in [0, 0.1) is 11.6 Å². The van der Waals surface area contributed by atoms with Gasteiger partial charge in [-0.05, 0) is 36.6 Å². The maximum absolute atomic E-state index is 14.2. The second kappa shape index (κ2) is 7.73. The van der Waals surface area contributed by atoms with Crippen molar-refractivity contribution in [2.24, 2.45) is 0 Å². The maximum Gasteiger partial charge on any atom is 0.201 e. The lowest BCUT2D eigenvalue weighted by molar-refractivity contribution is -0.0461. The predicted octanol–water partition coefficient (Wildman–Crippen LogP) is 4.34. The molecule has 0 aliphatic carbocycles. The molecule has 0 bridgehead atoms. The van der Waals surface area contributed by atoms with E-state index in [1.54, 1.807) is 25.1 Å². The van der Waals surface area contributed by atoms with Crippen LogP contribution in [0.2, 0.25) is 0 Å². The Kier molecular flexibility index (Phi) is 5.43. The molecule has 0 spiro atoms. The van der Waals surface area contributed by atoms with Crippen molar-refractivity contribution < 1.29 is 23.0 Å². The second-order valence-electron chi connectivity index (χ2n) is 5.58. The van der Waals surface area contributed by atoms with Gasteiger partial charge < -0.3 is 14.2 Å². The molecule has 1 fully saturated rings. The minimum Gasteiger partial charge on any atom is -0.491 e. The van der Waals surface area contributed by atoms with E-state index in [1.807, 2.05) is 12.1 Å². The van der Waals surface area contributed by atoms with Crippen LogP contribution in [-0.4, -0.2) is 26.1 Å². The molecule has 1 aliphatic rings. The highest BCUT2D eigenvalue weighted by Gasteiger charge is 2.17. The standard InChI is InChI=1S/C19H20F2O3/c1-2-22-16-9-8-15(18(20)19(16)21)14-6-3-13(4-7-14)5-10-17-23-11-12-24-17/h3-4,6-9,17H,2,5,10-12H2,1H3. The van der Waals surface area contributed by atoms with Gasteiger partial charge in [0.05, 0.1) is 19.8 Å². The highest BCUT2D eigenvalue weighted by molar-refractivity contribution is 5.65. The Bertz CT molecular complexity index is 680. The predicted molar refractivity (Wildman–Crippen MR) is 87.0 cm³/mol. The van der Waals surface area contributed by atoms with E-state index in [4.69, 9.17) is 14.2 Å².